The molecule has 0 aromatic heterocycles. The van der Waals surface area contributed by atoms with Crippen LogP contribution < -0.4 is 16.4 Å². The third kappa shape index (κ3) is 4.76. The van der Waals surface area contributed by atoms with Crippen molar-refractivity contribution >= 4 is 23.6 Å². The van der Waals surface area contributed by atoms with Gasteiger partial charge in [-0.05, 0) is 30.2 Å². The number of urea groups is 1. The molecule has 0 fully saturated rings. The molecule has 7 nitrogen and oxygen atoms in total. The molecule has 1 aromatic carbocycles. The van der Waals surface area contributed by atoms with Crippen LogP contribution in [0.4, 0.5) is 10.5 Å². The Bertz CT molecular complexity index is 542. The van der Waals surface area contributed by atoms with Gasteiger partial charge in [-0.1, -0.05) is 20.3 Å². The summed E-state index contributed by atoms with van der Waals surface area (Å²) in [5.41, 5.74) is 6.00. The van der Waals surface area contributed by atoms with Gasteiger partial charge < -0.3 is 21.1 Å². The molecule has 7 heteroatoms. The summed E-state index contributed by atoms with van der Waals surface area (Å²) in [6, 6.07) is 4.79. The molecule has 1 rings (SSSR count). The van der Waals surface area contributed by atoms with E-state index < -0.39 is 18.0 Å². The van der Waals surface area contributed by atoms with Crippen LogP contribution >= 0.6 is 0 Å². The highest BCUT2D eigenvalue weighted by molar-refractivity contribution is 5.97. The first-order valence-corrected chi connectivity index (χ1v) is 6.94. The molecule has 3 amide bonds. The number of methoxy groups -OCH3 is 1. The second-order valence-electron chi connectivity index (χ2n) is 4.93. The van der Waals surface area contributed by atoms with Gasteiger partial charge in [0, 0.05) is 5.69 Å². The van der Waals surface area contributed by atoms with Crippen LogP contribution in [0, 0.1) is 5.92 Å². The largest absolute Gasteiger partial charge is 0.465 e. The van der Waals surface area contributed by atoms with Gasteiger partial charge in [0.15, 0.2) is 0 Å². The second-order valence-corrected chi connectivity index (χ2v) is 4.93. The molecule has 0 heterocycles. The van der Waals surface area contributed by atoms with E-state index in [1.54, 1.807) is 24.3 Å². The van der Waals surface area contributed by atoms with Gasteiger partial charge in [0.2, 0.25) is 5.91 Å². The maximum atomic E-state index is 12.3. The lowest BCUT2D eigenvalue weighted by Gasteiger charge is -2.22. The van der Waals surface area contributed by atoms with Gasteiger partial charge >= 0.3 is 12.0 Å². The van der Waals surface area contributed by atoms with Crippen molar-refractivity contribution in [3.8, 4) is 0 Å². The first-order valence-electron chi connectivity index (χ1n) is 6.94. The summed E-state index contributed by atoms with van der Waals surface area (Å²) in [7, 11) is 1.30. The highest BCUT2D eigenvalue weighted by atomic mass is 16.5. The molecule has 22 heavy (non-hydrogen) atoms. The van der Waals surface area contributed by atoms with Crippen LogP contribution in [0.5, 0.6) is 0 Å². The lowest BCUT2D eigenvalue weighted by molar-refractivity contribution is -0.119. The van der Waals surface area contributed by atoms with Crippen LogP contribution in [0.15, 0.2) is 24.3 Å². The summed E-state index contributed by atoms with van der Waals surface area (Å²) < 4.78 is 4.60. The number of rotatable bonds is 6. The standard InChI is InChI=1S/C15H21N3O4/c1-4-9(2)12(18-15(16)21)13(19)17-11-7-5-10(6-8-11)14(20)22-3/h5-9,12H,4H2,1-3H3,(H,17,19)(H3,16,18,21)/t9-,12-/m0/s1. The van der Waals surface area contributed by atoms with E-state index in [0.29, 0.717) is 17.7 Å². The molecule has 120 valence electrons. The van der Waals surface area contributed by atoms with Crippen LogP contribution in [-0.4, -0.2) is 31.1 Å². The van der Waals surface area contributed by atoms with Crippen LogP contribution in [0.25, 0.3) is 0 Å². The van der Waals surface area contributed by atoms with Gasteiger partial charge in [-0.3, -0.25) is 4.79 Å². The molecule has 0 unspecified atom stereocenters. The zero-order valence-corrected chi connectivity index (χ0v) is 12.9. The van der Waals surface area contributed by atoms with Crippen molar-refractivity contribution in [1.29, 1.82) is 0 Å². The zero-order chi connectivity index (χ0) is 16.7. The van der Waals surface area contributed by atoms with E-state index in [1.807, 2.05) is 13.8 Å². The Morgan fingerprint density at radius 2 is 1.82 bits per heavy atom. The molecule has 0 radical (unpaired) electrons. The number of hydrogen-bond acceptors (Lipinski definition) is 4. The molecular weight excluding hydrogens is 286 g/mol. The molecule has 0 bridgehead atoms. The first kappa shape index (κ1) is 17.5. The van der Waals surface area contributed by atoms with Crippen molar-refractivity contribution < 1.29 is 19.1 Å². The van der Waals surface area contributed by atoms with E-state index in [2.05, 4.69) is 15.4 Å². The third-order valence-electron chi connectivity index (χ3n) is 3.37. The SMILES string of the molecule is CC[C@H](C)[C@H](NC(N)=O)C(=O)Nc1ccc(C(=O)OC)cc1. The third-order valence-corrected chi connectivity index (χ3v) is 3.37. The van der Waals surface area contributed by atoms with Crippen molar-refractivity contribution in [3.63, 3.8) is 0 Å². The van der Waals surface area contributed by atoms with E-state index in [-0.39, 0.29) is 11.8 Å². The smallest absolute Gasteiger partial charge is 0.337 e. The van der Waals surface area contributed by atoms with E-state index in [0.717, 1.165) is 0 Å². The zero-order valence-electron chi connectivity index (χ0n) is 12.9. The van der Waals surface area contributed by atoms with E-state index >= 15 is 0 Å². The number of ether oxygens (including phenoxy) is 1. The number of hydrogen-bond donors (Lipinski definition) is 3. The predicted octanol–water partition coefficient (Wildman–Crippen LogP) is 1.49. The van der Waals surface area contributed by atoms with Crippen molar-refractivity contribution in [2.24, 2.45) is 11.7 Å². The number of primary amides is 1. The highest BCUT2D eigenvalue weighted by Crippen LogP contribution is 2.14. The molecule has 1 aromatic rings. The number of nitrogens with two attached hydrogens (primary N) is 1. The Balaban J connectivity index is 2.80. The average molecular weight is 307 g/mol. The van der Waals surface area contributed by atoms with Crippen LogP contribution in [0.1, 0.15) is 30.6 Å². The first-order chi connectivity index (χ1) is 10.4. The van der Waals surface area contributed by atoms with E-state index in [4.69, 9.17) is 5.73 Å². The molecule has 4 N–H and O–H groups in total. The number of amides is 3. The summed E-state index contributed by atoms with van der Waals surface area (Å²) in [6.45, 7) is 3.76. The summed E-state index contributed by atoms with van der Waals surface area (Å²) in [4.78, 5) is 34.6. The van der Waals surface area contributed by atoms with Crippen LogP contribution in [0.2, 0.25) is 0 Å². The van der Waals surface area contributed by atoms with Crippen molar-refractivity contribution in [1.82, 2.24) is 5.32 Å². The average Bonchev–Trinajstić information content (AvgIpc) is 2.51. The molecule has 0 aliphatic carbocycles. The highest BCUT2D eigenvalue weighted by Gasteiger charge is 2.25. The molecule has 0 aliphatic rings. The number of carbonyl (C=O) groups is 3. The summed E-state index contributed by atoms with van der Waals surface area (Å²) in [5.74, 6) is -0.883. The van der Waals surface area contributed by atoms with Gasteiger partial charge in [-0.25, -0.2) is 9.59 Å². The van der Waals surface area contributed by atoms with Gasteiger partial charge in [0.05, 0.1) is 12.7 Å². The number of benzene rings is 1. The van der Waals surface area contributed by atoms with Crippen LogP contribution in [-0.2, 0) is 9.53 Å². The molecular formula is C15H21N3O4. The fourth-order valence-corrected chi connectivity index (χ4v) is 1.88. The van der Waals surface area contributed by atoms with Gasteiger partial charge in [0.1, 0.15) is 6.04 Å². The minimum absolute atomic E-state index is 0.0677. The van der Waals surface area contributed by atoms with Crippen molar-refractivity contribution in [3.05, 3.63) is 29.8 Å². The maximum Gasteiger partial charge on any atom is 0.337 e. The maximum absolute atomic E-state index is 12.3. The molecule has 0 aliphatic heterocycles. The normalized spacial score (nSPS) is 12.9. The van der Waals surface area contributed by atoms with Gasteiger partial charge in [-0.15, -0.1) is 0 Å². The van der Waals surface area contributed by atoms with Gasteiger partial charge in [0.25, 0.3) is 0 Å². The fourth-order valence-electron chi connectivity index (χ4n) is 1.88. The van der Waals surface area contributed by atoms with Crippen molar-refractivity contribution in [2.75, 3.05) is 12.4 Å². The minimum Gasteiger partial charge on any atom is -0.465 e. The number of carbonyl (C=O) groups excluding carboxylic acids is 3. The Morgan fingerprint density at radius 3 is 2.27 bits per heavy atom. The lowest BCUT2D eigenvalue weighted by Crippen LogP contribution is -2.49. The summed E-state index contributed by atoms with van der Waals surface area (Å²) in [6.07, 6.45) is 0.708. The fraction of sp³-hybridized carbons (Fsp3) is 0.400. The van der Waals surface area contributed by atoms with E-state index in [1.165, 1.54) is 7.11 Å². The Morgan fingerprint density at radius 1 is 1.23 bits per heavy atom. The quantitative estimate of drug-likeness (QED) is 0.691. The lowest BCUT2D eigenvalue weighted by atomic mass is 9.98. The minimum atomic E-state index is -0.749. The molecule has 0 saturated heterocycles. The molecule has 2 atom stereocenters. The number of nitrogens with one attached hydrogen (secondary N) is 2. The van der Waals surface area contributed by atoms with Gasteiger partial charge in [-0.2, -0.15) is 0 Å². The Kier molecular flexibility index (Phi) is 6.37. The Labute approximate surface area is 129 Å². The number of anilines is 1. The number of esters is 1. The van der Waals surface area contributed by atoms with E-state index in [9.17, 15) is 14.4 Å². The Hall–Kier alpha value is -2.57. The predicted molar refractivity (Wildman–Crippen MR) is 82.4 cm³/mol. The monoisotopic (exact) mass is 307 g/mol. The molecule has 0 saturated carbocycles. The topological polar surface area (TPSA) is 111 Å². The second kappa shape index (κ2) is 8.02. The van der Waals surface area contributed by atoms with Crippen molar-refractivity contribution in [2.45, 2.75) is 26.3 Å². The summed E-state index contributed by atoms with van der Waals surface area (Å²) in [5, 5.41) is 5.13. The summed E-state index contributed by atoms with van der Waals surface area (Å²) >= 11 is 0. The van der Waals surface area contributed by atoms with Crippen LogP contribution in [0.3, 0.4) is 0 Å². The molecule has 0 spiro atoms.